The maximum absolute atomic E-state index is 6.24. The summed E-state index contributed by atoms with van der Waals surface area (Å²) in [4.78, 5) is 10.1. The van der Waals surface area contributed by atoms with Crippen LogP contribution >= 0.6 is 0 Å². The smallest absolute Gasteiger partial charge is 0.168 e. The number of hydrogen-bond acceptors (Lipinski definition) is 3. The van der Waals surface area contributed by atoms with Gasteiger partial charge in [0.05, 0.1) is 7.11 Å². The van der Waals surface area contributed by atoms with Crippen molar-refractivity contribution < 1.29 is 9.78 Å². The summed E-state index contributed by atoms with van der Waals surface area (Å²) in [6.07, 6.45) is 7.37. The van der Waals surface area contributed by atoms with Crippen LogP contribution in [-0.2, 0) is 17.7 Å². The highest BCUT2D eigenvalue weighted by Gasteiger charge is 2.14. The average Bonchev–Trinajstić information content (AvgIpc) is 2.47. The largest absolute Gasteiger partial charge is 0.398 e. The minimum atomic E-state index is 0.709. The Morgan fingerprint density at radius 1 is 1.38 bits per heavy atom. The quantitative estimate of drug-likeness (QED) is 0.676. The molecule has 0 bridgehead atoms. The highest BCUT2D eigenvalue weighted by molar-refractivity contribution is 5.73. The molecule has 1 aliphatic rings. The van der Waals surface area contributed by atoms with Crippen LogP contribution in [0.25, 0.3) is 5.70 Å². The van der Waals surface area contributed by atoms with Gasteiger partial charge in [0.25, 0.3) is 0 Å². The Morgan fingerprint density at radius 2 is 2.14 bits per heavy atom. The van der Waals surface area contributed by atoms with Gasteiger partial charge in [-0.15, -0.1) is 0 Å². The van der Waals surface area contributed by atoms with Crippen LogP contribution in [0.15, 0.2) is 54.7 Å². The fourth-order valence-electron chi connectivity index (χ4n) is 2.46. The molecule has 1 aliphatic carbocycles. The topological polar surface area (TPSA) is 44.5 Å². The molecule has 0 amide bonds. The van der Waals surface area contributed by atoms with Crippen molar-refractivity contribution in [1.82, 2.24) is 0 Å². The van der Waals surface area contributed by atoms with E-state index in [-0.39, 0.29) is 0 Å². The molecule has 0 unspecified atom stereocenters. The number of benzene rings is 1. The van der Waals surface area contributed by atoms with E-state index in [1.807, 2.05) is 12.1 Å². The Bertz CT molecular complexity index is 639. The van der Waals surface area contributed by atoms with E-state index < -0.39 is 0 Å². The lowest BCUT2D eigenvalue weighted by molar-refractivity contribution is -0.178. The molecule has 0 heterocycles. The summed E-state index contributed by atoms with van der Waals surface area (Å²) in [6, 6.07) is 4.05. The van der Waals surface area contributed by atoms with Gasteiger partial charge < -0.3 is 10.6 Å². The van der Waals surface area contributed by atoms with Gasteiger partial charge in [-0.2, -0.15) is 4.89 Å². The van der Waals surface area contributed by atoms with Gasteiger partial charge in [-0.3, -0.25) is 0 Å². The SMILES string of the molecule is C=C/C1=C/Cc2cc(OOC)c(CC)cc2/C(N)=C/C1=C. The van der Waals surface area contributed by atoms with Crippen LogP contribution in [0.3, 0.4) is 0 Å². The summed E-state index contributed by atoms with van der Waals surface area (Å²) >= 11 is 0. The first-order valence-electron chi connectivity index (χ1n) is 6.96. The molecule has 3 heteroatoms. The van der Waals surface area contributed by atoms with Gasteiger partial charge in [0.2, 0.25) is 0 Å². The van der Waals surface area contributed by atoms with Crippen LogP contribution in [-0.4, -0.2) is 7.11 Å². The Hall–Kier alpha value is -2.26. The van der Waals surface area contributed by atoms with Crippen molar-refractivity contribution in [3.8, 4) is 5.75 Å². The maximum Gasteiger partial charge on any atom is 0.168 e. The van der Waals surface area contributed by atoms with Crippen molar-refractivity contribution >= 4 is 5.70 Å². The summed E-state index contributed by atoms with van der Waals surface area (Å²) in [5, 5.41) is 0. The predicted molar refractivity (Wildman–Crippen MR) is 86.7 cm³/mol. The van der Waals surface area contributed by atoms with Crippen molar-refractivity contribution in [2.24, 2.45) is 5.73 Å². The maximum atomic E-state index is 6.24. The van der Waals surface area contributed by atoms with Crippen LogP contribution in [0.2, 0.25) is 0 Å². The molecular formula is C18H21NO2. The van der Waals surface area contributed by atoms with Gasteiger partial charge in [0.1, 0.15) is 0 Å². The van der Waals surface area contributed by atoms with E-state index >= 15 is 0 Å². The van der Waals surface area contributed by atoms with Crippen LogP contribution in [0.1, 0.15) is 23.6 Å². The molecule has 1 aromatic carbocycles. The lowest BCUT2D eigenvalue weighted by Crippen LogP contribution is -2.07. The van der Waals surface area contributed by atoms with E-state index in [9.17, 15) is 0 Å². The normalized spacial score (nSPS) is 19.4. The van der Waals surface area contributed by atoms with Gasteiger partial charge in [-0.05, 0) is 53.3 Å². The van der Waals surface area contributed by atoms with Gasteiger partial charge >= 0.3 is 0 Å². The third-order valence-corrected chi connectivity index (χ3v) is 3.61. The van der Waals surface area contributed by atoms with Crippen LogP contribution in [0.4, 0.5) is 0 Å². The fraction of sp³-hybridized carbons (Fsp3) is 0.222. The number of hydrogen-bond donors (Lipinski definition) is 1. The standard InChI is InChI=1S/C18H21NO2/c1-5-13-7-8-15-11-18(21-20-4)14(6-2)10-16(15)17(19)9-12(13)3/h5,7,9-11H,1,3,6,8,19H2,2,4H3/b13-7-,17-9-. The van der Waals surface area contributed by atoms with E-state index in [2.05, 4.69) is 32.2 Å². The van der Waals surface area contributed by atoms with Crippen LogP contribution in [0.5, 0.6) is 5.75 Å². The molecule has 3 nitrogen and oxygen atoms in total. The highest BCUT2D eigenvalue weighted by atomic mass is 17.2. The zero-order valence-electron chi connectivity index (χ0n) is 12.6. The molecule has 0 radical (unpaired) electrons. The second-order valence-electron chi connectivity index (χ2n) is 4.91. The first kappa shape index (κ1) is 15.1. The molecule has 0 fully saturated rings. The van der Waals surface area contributed by atoms with Crippen molar-refractivity contribution in [2.45, 2.75) is 19.8 Å². The molecule has 0 aliphatic heterocycles. The van der Waals surface area contributed by atoms with E-state index in [4.69, 9.17) is 15.5 Å². The number of fused-ring (bicyclic) bond motifs is 1. The fourth-order valence-corrected chi connectivity index (χ4v) is 2.46. The summed E-state index contributed by atoms with van der Waals surface area (Å²) in [6.45, 7) is 9.93. The Morgan fingerprint density at radius 3 is 2.76 bits per heavy atom. The molecule has 2 rings (SSSR count). The van der Waals surface area contributed by atoms with Gasteiger partial charge in [-0.25, -0.2) is 0 Å². The van der Waals surface area contributed by atoms with E-state index in [1.165, 1.54) is 7.11 Å². The summed E-state index contributed by atoms with van der Waals surface area (Å²) in [7, 11) is 1.50. The molecule has 21 heavy (non-hydrogen) atoms. The number of nitrogens with two attached hydrogens (primary N) is 1. The first-order valence-corrected chi connectivity index (χ1v) is 6.96. The molecular weight excluding hydrogens is 262 g/mol. The Labute approximate surface area is 126 Å². The minimum Gasteiger partial charge on any atom is -0.398 e. The minimum absolute atomic E-state index is 0.709. The molecule has 1 aromatic rings. The molecule has 0 atom stereocenters. The second-order valence-corrected chi connectivity index (χ2v) is 4.91. The van der Waals surface area contributed by atoms with E-state index in [0.717, 1.165) is 46.4 Å². The number of aryl methyl sites for hydroxylation is 1. The zero-order chi connectivity index (χ0) is 15.4. The van der Waals surface area contributed by atoms with Gasteiger partial charge in [0, 0.05) is 11.3 Å². The highest BCUT2D eigenvalue weighted by Crippen LogP contribution is 2.31. The third-order valence-electron chi connectivity index (χ3n) is 3.61. The molecule has 0 saturated heterocycles. The van der Waals surface area contributed by atoms with Crippen LogP contribution in [0, 0.1) is 0 Å². The van der Waals surface area contributed by atoms with Crippen molar-refractivity contribution in [3.05, 3.63) is 71.4 Å². The monoisotopic (exact) mass is 283 g/mol. The van der Waals surface area contributed by atoms with Gasteiger partial charge in [0.15, 0.2) is 5.75 Å². The van der Waals surface area contributed by atoms with Crippen molar-refractivity contribution in [3.63, 3.8) is 0 Å². The van der Waals surface area contributed by atoms with Crippen molar-refractivity contribution in [1.29, 1.82) is 0 Å². The molecule has 2 N–H and O–H groups in total. The summed E-state index contributed by atoms with van der Waals surface area (Å²) in [5.74, 6) is 0.736. The predicted octanol–water partition coefficient (Wildman–Crippen LogP) is 3.71. The second kappa shape index (κ2) is 6.46. The number of rotatable bonds is 4. The Balaban J connectivity index is 2.59. The average molecular weight is 283 g/mol. The molecule has 110 valence electrons. The van der Waals surface area contributed by atoms with Crippen LogP contribution < -0.4 is 10.6 Å². The van der Waals surface area contributed by atoms with Gasteiger partial charge in [-0.1, -0.05) is 32.2 Å². The third kappa shape index (κ3) is 3.09. The Kier molecular flexibility index (Phi) is 4.66. The zero-order valence-corrected chi connectivity index (χ0v) is 12.6. The van der Waals surface area contributed by atoms with Crippen molar-refractivity contribution in [2.75, 3.05) is 7.11 Å². The summed E-state index contributed by atoms with van der Waals surface area (Å²) in [5.41, 5.74) is 12.0. The first-order chi connectivity index (χ1) is 10.1. The lowest BCUT2D eigenvalue weighted by atomic mass is 9.92. The molecule has 0 saturated carbocycles. The van der Waals surface area contributed by atoms with E-state index in [1.54, 1.807) is 6.08 Å². The molecule has 0 aromatic heterocycles. The number of allylic oxidation sites excluding steroid dienone is 5. The lowest BCUT2D eigenvalue weighted by Gasteiger charge is -2.17. The van der Waals surface area contributed by atoms with E-state index in [0.29, 0.717) is 5.70 Å². The summed E-state index contributed by atoms with van der Waals surface area (Å²) < 4.78 is 0. The molecule has 0 spiro atoms.